The number of amides is 1. The maximum absolute atomic E-state index is 13.5. The average Bonchev–Trinajstić information content (AvgIpc) is 2.94. The number of nitrogens with one attached hydrogen (secondary N) is 1. The van der Waals surface area contributed by atoms with Crippen LogP contribution >= 0.6 is 11.6 Å². The highest BCUT2D eigenvalue weighted by molar-refractivity contribution is 7.92. The Morgan fingerprint density at radius 2 is 1.62 bits per heavy atom. The lowest BCUT2D eigenvalue weighted by Gasteiger charge is -2.24. The lowest BCUT2D eigenvalue weighted by atomic mass is 10.1. The fraction of sp³-hybridized carbons (Fsp3) is 0.133. The van der Waals surface area contributed by atoms with Crippen molar-refractivity contribution in [1.82, 2.24) is 5.43 Å². The molecule has 4 aromatic carbocycles. The number of nitrogens with zero attached hydrogens (tertiary/aromatic N) is 2. The molecule has 200 valence electrons. The van der Waals surface area contributed by atoms with Gasteiger partial charge < -0.3 is 4.74 Å². The van der Waals surface area contributed by atoms with E-state index in [9.17, 15) is 13.2 Å². The molecular formula is C30H28ClN3O4S. The highest BCUT2D eigenvalue weighted by atomic mass is 35.5. The maximum atomic E-state index is 13.5. The first kappa shape index (κ1) is 27.9. The minimum absolute atomic E-state index is 0.0892. The monoisotopic (exact) mass is 561 g/mol. The SMILES string of the molecule is Cc1ccc(N(CC(=O)N/N=C\c2ccccc2OCc2ccc(Cl)cc2)S(=O)(=O)c2ccccc2)cc1C. The van der Waals surface area contributed by atoms with Crippen LogP contribution in [-0.4, -0.2) is 27.1 Å². The van der Waals surface area contributed by atoms with Crippen molar-refractivity contribution in [2.75, 3.05) is 10.8 Å². The molecule has 39 heavy (non-hydrogen) atoms. The van der Waals surface area contributed by atoms with Gasteiger partial charge in [-0.25, -0.2) is 13.8 Å². The number of carbonyl (C=O) groups is 1. The van der Waals surface area contributed by atoms with E-state index in [0.29, 0.717) is 28.6 Å². The van der Waals surface area contributed by atoms with Crippen LogP contribution in [0, 0.1) is 13.8 Å². The molecule has 1 N–H and O–H groups in total. The van der Waals surface area contributed by atoms with Crippen molar-refractivity contribution in [2.45, 2.75) is 25.3 Å². The van der Waals surface area contributed by atoms with E-state index in [2.05, 4.69) is 10.5 Å². The molecule has 7 nitrogen and oxygen atoms in total. The molecule has 0 aliphatic rings. The summed E-state index contributed by atoms with van der Waals surface area (Å²) in [5.74, 6) is -0.0163. The first-order valence-corrected chi connectivity index (χ1v) is 14.0. The van der Waals surface area contributed by atoms with Crippen molar-refractivity contribution in [1.29, 1.82) is 0 Å². The normalized spacial score (nSPS) is 11.4. The Kier molecular flexibility index (Phi) is 9.01. The molecule has 0 atom stereocenters. The summed E-state index contributed by atoms with van der Waals surface area (Å²) in [5.41, 5.74) is 6.36. The molecular weight excluding hydrogens is 534 g/mol. The Morgan fingerprint density at radius 3 is 2.33 bits per heavy atom. The zero-order valence-electron chi connectivity index (χ0n) is 21.5. The second kappa shape index (κ2) is 12.6. The van der Waals surface area contributed by atoms with Crippen LogP contribution < -0.4 is 14.5 Å². The van der Waals surface area contributed by atoms with E-state index in [-0.39, 0.29) is 4.90 Å². The summed E-state index contributed by atoms with van der Waals surface area (Å²) >= 11 is 5.94. The fourth-order valence-electron chi connectivity index (χ4n) is 3.72. The molecule has 0 saturated heterocycles. The molecule has 0 aliphatic carbocycles. The molecule has 0 unspecified atom stereocenters. The molecule has 0 aliphatic heterocycles. The maximum Gasteiger partial charge on any atom is 0.264 e. The van der Waals surface area contributed by atoms with Gasteiger partial charge in [-0.05, 0) is 79.1 Å². The molecule has 4 rings (SSSR count). The van der Waals surface area contributed by atoms with Gasteiger partial charge >= 0.3 is 0 Å². The summed E-state index contributed by atoms with van der Waals surface area (Å²) in [6.45, 7) is 3.71. The smallest absolute Gasteiger partial charge is 0.264 e. The number of para-hydroxylation sites is 1. The van der Waals surface area contributed by atoms with Crippen LogP contribution in [-0.2, 0) is 21.4 Å². The van der Waals surface area contributed by atoms with Crippen molar-refractivity contribution >= 4 is 39.4 Å². The van der Waals surface area contributed by atoms with Crippen LogP contribution in [0.15, 0.2) is 107 Å². The molecule has 0 saturated carbocycles. The summed E-state index contributed by atoms with van der Waals surface area (Å²) in [5, 5.41) is 4.71. The Morgan fingerprint density at radius 1 is 0.923 bits per heavy atom. The standard InChI is InChI=1S/C30H28ClN3O4S/c1-22-12-17-27(18-23(22)2)34(39(36,37)28-9-4-3-5-10-28)20-30(35)33-32-19-25-8-6-7-11-29(25)38-21-24-13-15-26(31)16-14-24/h3-19H,20-21H2,1-2H3,(H,33,35)/b32-19-. The lowest BCUT2D eigenvalue weighted by Crippen LogP contribution is -2.39. The Labute approximate surface area is 233 Å². The number of hydrogen-bond donors (Lipinski definition) is 1. The van der Waals surface area contributed by atoms with Crippen molar-refractivity contribution in [2.24, 2.45) is 5.10 Å². The number of carbonyl (C=O) groups excluding carboxylic acids is 1. The molecule has 9 heteroatoms. The van der Waals surface area contributed by atoms with Crippen LogP contribution in [0.4, 0.5) is 5.69 Å². The summed E-state index contributed by atoms with van der Waals surface area (Å²) in [6.07, 6.45) is 1.46. The van der Waals surface area contributed by atoms with Gasteiger partial charge in [0.1, 0.15) is 18.9 Å². The number of hydrogen-bond acceptors (Lipinski definition) is 5. The number of anilines is 1. The Balaban J connectivity index is 1.49. The number of rotatable bonds is 10. The third kappa shape index (κ3) is 7.25. The third-order valence-corrected chi connectivity index (χ3v) is 8.06. The summed E-state index contributed by atoms with van der Waals surface area (Å²) in [4.78, 5) is 13.0. The van der Waals surface area contributed by atoms with Crippen molar-refractivity contribution in [3.63, 3.8) is 0 Å². The van der Waals surface area contributed by atoms with E-state index in [1.165, 1.54) is 18.3 Å². The van der Waals surface area contributed by atoms with E-state index in [4.69, 9.17) is 16.3 Å². The van der Waals surface area contributed by atoms with E-state index in [0.717, 1.165) is 21.0 Å². The largest absolute Gasteiger partial charge is 0.488 e. The summed E-state index contributed by atoms with van der Waals surface area (Å²) in [6, 6.07) is 27.9. The number of halogens is 1. The summed E-state index contributed by atoms with van der Waals surface area (Å²) in [7, 11) is -4.01. The highest BCUT2D eigenvalue weighted by Gasteiger charge is 2.27. The van der Waals surface area contributed by atoms with Gasteiger partial charge in [-0.3, -0.25) is 9.10 Å². The minimum atomic E-state index is -4.01. The number of sulfonamides is 1. The molecule has 0 fully saturated rings. The molecule has 0 bridgehead atoms. The number of benzene rings is 4. The van der Waals surface area contributed by atoms with Gasteiger partial charge in [-0.2, -0.15) is 5.10 Å². The number of hydrazone groups is 1. The molecule has 0 spiro atoms. The van der Waals surface area contributed by atoms with Crippen molar-refractivity contribution in [3.8, 4) is 5.75 Å². The first-order chi connectivity index (χ1) is 18.7. The highest BCUT2D eigenvalue weighted by Crippen LogP contribution is 2.25. The van der Waals surface area contributed by atoms with Gasteiger partial charge in [0.05, 0.1) is 16.8 Å². The van der Waals surface area contributed by atoms with Crippen LogP contribution in [0.5, 0.6) is 5.75 Å². The van der Waals surface area contributed by atoms with Gasteiger partial charge in [-0.15, -0.1) is 0 Å². The van der Waals surface area contributed by atoms with Gasteiger partial charge in [0.15, 0.2) is 0 Å². The quantitative estimate of drug-likeness (QED) is 0.193. The average molecular weight is 562 g/mol. The van der Waals surface area contributed by atoms with Gasteiger partial charge in [-0.1, -0.05) is 60.1 Å². The zero-order chi connectivity index (χ0) is 27.8. The van der Waals surface area contributed by atoms with E-state index < -0.39 is 22.5 Å². The minimum Gasteiger partial charge on any atom is -0.488 e. The van der Waals surface area contributed by atoms with Crippen LogP contribution in [0.3, 0.4) is 0 Å². The van der Waals surface area contributed by atoms with E-state index >= 15 is 0 Å². The van der Waals surface area contributed by atoms with Crippen LogP contribution in [0.1, 0.15) is 22.3 Å². The van der Waals surface area contributed by atoms with Crippen molar-refractivity contribution < 1.29 is 17.9 Å². The van der Waals surface area contributed by atoms with Gasteiger partial charge in [0.2, 0.25) is 0 Å². The Hall–Kier alpha value is -4.14. The Bertz CT molecular complexity index is 1570. The topological polar surface area (TPSA) is 88.1 Å². The second-order valence-corrected chi connectivity index (χ2v) is 11.1. The molecule has 1 amide bonds. The van der Waals surface area contributed by atoms with Crippen molar-refractivity contribution in [3.05, 3.63) is 124 Å². The number of aryl methyl sites for hydroxylation is 2. The van der Waals surface area contributed by atoms with Gasteiger partial charge in [0, 0.05) is 10.6 Å². The third-order valence-electron chi connectivity index (χ3n) is 6.02. The van der Waals surface area contributed by atoms with Crippen LogP contribution in [0.25, 0.3) is 0 Å². The summed E-state index contributed by atoms with van der Waals surface area (Å²) < 4.78 is 34.0. The van der Waals surface area contributed by atoms with Crippen LogP contribution in [0.2, 0.25) is 5.02 Å². The first-order valence-electron chi connectivity index (χ1n) is 12.2. The molecule has 0 heterocycles. The molecule has 4 aromatic rings. The fourth-order valence-corrected chi connectivity index (χ4v) is 5.28. The predicted octanol–water partition coefficient (Wildman–Crippen LogP) is 5.88. The molecule has 0 radical (unpaired) electrons. The molecule has 0 aromatic heterocycles. The number of ether oxygens (including phenoxy) is 1. The predicted molar refractivity (Wildman–Crippen MR) is 155 cm³/mol. The van der Waals surface area contributed by atoms with E-state index in [1.54, 1.807) is 54.6 Å². The second-order valence-electron chi connectivity index (χ2n) is 8.84. The lowest BCUT2D eigenvalue weighted by molar-refractivity contribution is -0.119. The van der Waals surface area contributed by atoms with Gasteiger partial charge in [0.25, 0.3) is 15.9 Å². The zero-order valence-corrected chi connectivity index (χ0v) is 23.1. The van der Waals surface area contributed by atoms with E-state index in [1.807, 2.05) is 44.2 Å².